The molecule has 1 fully saturated rings. The van der Waals surface area contributed by atoms with E-state index in [0.29, 0.717) is 16.9 Å². The van der Waals surface area contributed by atoms with Crippen LogP contribution >= 0.6 is 31.9 Å². The highest BCUT2D eigenvalue weighted by Crippen LogP contribution is 2.70. The predicted octanol–water partition coefficient (Wildman–Crippen LogP) is 6.35. The van der Waals surface area contributed by atoms with E-state index in [9.17, 15) is 14.4 Å². The van der Waals surface area contributed by atoms with Crippen molar-refractivity contribution in [3.8, 4) is 0 Å². The molecule has 0 radical (unpaired) electrons. The minimum Gasteiger partial charge on any atom is -0.322 e. The molecule has 8 rings (SSSR count). The summed E-state index contributed by atoms with van der Waals surface area (Å²) >= 11 is 8.04. The van der Waals surface area contributed by atoms with E-state index in [1.165, 1.54) is 4.90 Å². The zero-order valence-electron chi connectivity index (χ0n) is 19.9. The number of imide groups is 1. The van der Waals surface area contributed by atoms with Crippen molar-refractivity contribution in [2.45, 2.75) is 8.65 Å². The maximum atomic E-state index is 14.2. The van der Waals surface area contributed by atoms with E-state index < -0.39 is 20.5 Å². The maximum absolute atomic E-state index is 14.2. The summed E-state index contributed by atoms with van der Waals surface area (Å²) in [6.45, 7) is 0. The first-order valence-electron chi connectivity index (χ1n) is 12.3. The zero-order valence-corrected chi connectivity index (χ0v) is 23.1. The Morgan fingerprint density at radius 2 is 1.13 bits per heavy atom. The molecule has 38 heavy (non-hydrogen) atoms. The Morgan fingerprint density at radius 3 is 1.63 bits per heavy atom. The standard InChI is InChI=1S/C31H20Br2N2O3/c32-30-21-13-4-5-14-22(21)31(33,24-16-7-6-15-23(24)30)26-25(30)28(37)35(29(26)38)20-12-8-9-18(17-20)27(36)34-19-10-2-1-3-11-19/h1-17,25-26H,(H,34,36)/t25-,26+,30?,31?. The predicted molar refractivity (Wildman–Crippen MR) is 153 cm³/mol. The normalized spacial score (nSPS) is 26.5. The van der Waals surface area contributed by atoms with Gasteiger partial charge in [-0.1, -0.05) is 105 Å². The summed E-state index contributed by atoms with van der Waals surface area (Å²) in [6.07, 6.45) is 0. The summed E-state index contributed by atoms with van der Waals surface area (Å²) < 4.78 is -1.71. The molecule has 4 aromatic carbocycles. The Morgan fingerprint density at radius 1 is 0.658 bits per heavy atom. The molecule has 4 aromatic rings. The van der Waals surface area contributed by atoms with Crippen molar-refractivity contribution in [3.63, 3.8) is 0 Å². The van der Waals surface area contributed by atoms with Crippen LogP contribution < -0.4 is 10.2 Å². The highest BCUT2D eigenvalue weighted by Gasteiger charge is 2.72. The second-order valence-electron chi connectivity index (χ2n) is 9.85. The van der Waals surface area contributed by atoms with E-state index >= 15 is 0 Å². The van der Waals surface area contributed by atoms with Gasteiger partial charge in [0.2, 0.25) is 11.8 Å². The summed E-state index contributed by atoms with van der Waals surface area (Å²) in [5.74, 6) is -2.22. The highest BCUT2D eigenvalue weighted by atomic mass is 79.9. The lowest BCUT2D eigenvalue weighted by Gasteiger charge is -2.55. The summed E-state index contributed by atoms with van der Waals surface area (Å²) in [6, 6.07) is 31.8. The topological polar surface area (TPSA) is 66.5 Å². The Hall–Kier alpha value is -3.55. The lowest BCUT2D eigenvalue weighted by atomic mass is 9.54. The summed E-state index contributed by atoms with van der Waals surface area (Å²) in [7, 11) is 0. The molecule has 1 heterocycles. The highest BCUT2D eigenvalue weighted by molar-refractivity contribution is 9.10. The molecule has 1 N–H and O–H groups in total. The first kappa shape index (κ1) is 23.6. The number of para-hydroxylation sites is 1. The van der Waals surface area contributed by atoms with Crippen LogP contribution in [0.15, 0.2) is 103 Å². The lowest BCUT2D eigenvalue weighted by Crippen LogP contribution is -2.56. The van der Waals surface area contributed by atoms with Crippen LogP contribution in [-0.2, 0) is 18.2 Å². The third-order valence-electron chi connectivity index (χ3n) is 7.98. The SMILES string of the molecule is O=C(Nc1ccccc1)c1cccc(N2C(=O)[C@@H]3[C@H](C2=O)C2(Br)c4ccccc4C3(Br)c3ccccc32)c1. The smallest absolute Gasteiger partial charge is 0.255 e. The molecule has 0 aromatic heterocycles. The second-order valence-corrected chi connectivity index (χ2v) is 12.4. The fourth-order valence-electron chi connectivity index (χ4n) is 6.43. The van der Waals surface area contributed by atoms with Gasteiger partial charge in [0.1, 0.15) is 0 Å². The molecule has 0 saturated carbocycles. The van der Waals surface area contributed by atoms with Gasteiger partial charge in [-0.2, -0.15) is 0 Å². The molecule has 0 unspecified atom stereocenters. The Balaban J connectivity index is 1.34. The number of benzene rings is 4. The monoisotopic (exact) mass is 626 g/mol. The van der Waals surface area contributed by atoms with Crippen LogP contribution in [0.4, 0.5) is 11.4 Å². The fourth-order valence-corrected chi connectivity index (χ4v) is 8.74. The van der Waals surface area contributed by atoms with Crippen LogP contribution in [0.2, 0.25) is 0 Å². The van der Waals surface area contributed by atoms with Crippen LogP contribution in [0.5, 0.6) is 0 Å². The van der Waals surface area contributed by atoms with E-state index in [1.54, 1.807) is 36.4 Å². The molecule has 2 bridgehead atoms. The minimum atomic E-state index is -0.857. The number of alkyl halides is 2. The second kappa shape index (κ2) is 8.22. The van der Waals surface area contributed by atoms with Crippen molar-refractivity contribution in [2.75, 3.05) is 10.2 Å². The number of carbonyl (C=O) groups excluding carboxylic acids is 3. The van der Waals surface area contributed by atoms with E-state index in [-0.39, 0.29) is 17.7 Å². The van der Waals surface area contributed by atoms with E-state index in [1.807, 2.05) is 66.7 Å². The zero-order chi connectivity index (χ0) is 26.2. The minimum absolute atomic E-state index is 0.287. The van der Waals surface area contributed by atoms with Crippen molar-refractivity contribution in [2.24, 2.45) is 11.8 Å². The number of carbonyl (C=O) groups is 3. The summed E-state index contributed by atoms with van der Waals surface area (Å²) in [4.78, 5) is 42.7. The average molecular weight is 628 g/mol. The van der Waals surface area contributed by atoms with Gasteiger partial charge in [-0.25, -0.2) is 4.90 Å². The van der Waals surface area contributed by atoms with Crippen LogP contribution in [-0.4, -0.2) is 17.7 Å². The van der Waals surface area contributed by atoms with Crippen LogP contribution in [0.25, 0.3) is 0 Å². The number of amides is 3. The molecule has 1 saturated heterocycles. The molecule has 3 amide bonds. The van der Waals surface area contributed by atoms with Gasteiger partial charge < -0.3 is 5.32 Å². The number of halogens is 2. The largest absolute Gasteiger partial charge is 0.322 e. The number of anilines is 2. The van der Waals surface area contributed by atoms with Gasteiger partial charge in [0.05, 0.1) is 26.2 Å². The first-order valence-corrected chi connectivity index (χ1v) is 13.9. The average Bonchev–Trinajstić information content (AvgIpc) is 3.23. The van der Waals surface area contributed by atoms with Crippen molar-refractivity contribution in [3.05, 3.63) is 131 Å². The van der Waals surface area contributed by atoms with E-state index in [0.717, 1.165) is 22.3 Å². The maximum Gasteiger partial charge on any atom is 0.255 e. The van der Waals surface area contributed by atoms with Gasteiger partial charge in [0.25, 0.3) is 5.91 Å². The molecule has 2 atom stereocenters. The van der Waals surface area contributed by atoms with Crippen molar-refractivity contribution < 1.29 is 14.4 Å². The van der Waals surface area contributed by atoms with Crippen LogP contribution in [0, 0.1) is 11.8 Å². The van der Waals surface area contributed by atoms with E-state index in [4.69, 9.17) is 0 Å². The van der Waals surface area contributed by atoms with Crippen molar-refractivity contribution >= 4 is 61.0 Å². The molecule has 4 aliphatic rings. The van der Waals surface area contributed by atoms with Gasteiger partial charge in [0, 0.05) is 11.3 Å². The molecule has 1 aliphatic heterocycles. The molecular weight excluding hydrogens is 608 g/mol. The number of hydrogen-bond acceptors (Lipinski definition) is 3. The third kappa shape index (κ3) is 2.94. The molecule has 186 valence electrons. The van der Waals surface area contributed by atoms with Crippen LogP contribution in [0.1, 0.15) is 32.6 Å². The quantitative estimate of drug-likeness (QED) is 0.213. The lowest BCUT2D eigenvalue weighted by molar-refractivity contribution is -0.122. The van der Waals surface area contributed by atoms with Crippen molar-refractivity contribution in [1.82, 2.24) is 0 Å². The van der Waals surface area contributed by atoms with Gasteiger partial charge in [-0.05, 0) is 52.6 Å². The van der Waals surface area contributed by atoms with Crippen molar-refractivity contribution in [1.29, 1.82) is 0 Å². The molecule has 0 spiro atoms. The van der Waals surface area contributed by atoms with Crippen LogP contribution in [0.3, 0.4) is 0 Å². The molecular formula is C31H20Br2N2O3. The van der Waals surface area contributed by atoms with E-state index in [2.05, 4.69) is 37.2 Å². The summed E-state index contributed by atoms with van der Waals surface area (Å²) in [5, 5.41) is 2.87. The number of nitrogens with one attached hydrogen (secondary N) is 1. The van der Waals surface area contributed by atoms with Gasteiger partial charge >= 0.3 is 0 Å². The van der Waals surface area contributed by atoms with Gasteiger partial charge in [0.15, 0.2) is 0 Å². The number of rotatable bonds is 3. The molecule has 7 heteroatoms. The summed E-state index contributed by atoms with van der Waals surface area (Å²) in [5.41, 5.74) is 5.34. The third-order valence-corrected chi connectivity index (χ3v) is 10.7. The van der Waals surface area contributed by atoms with Gasteiger partial charge in [-0.15, -0.1) is 0 Å². The molecule has 3 aliphatic carbocycles. The molecule has 5 nitrogen and oxygen atoms in total. The Kier molecular flexibility index (Phi) is 5.10. The first-order chi connectivity index (χ1) is 18.4. The number of nitrogens with zero attached hydrogens (tertiary/aromatic N) is 1. The fraction of sp³-hybridized carbons (Fsp3) is 0.129. The van der Waals surface area contributed by atoms with Gasteiger partial charge in [-0.3, -0.25) is 14.4 Å². The Labute approximate surface area is 236 Å². The Bertz CT molecular complexity index is 1550. The number of hydrogen-bond donors (Lipinski definition) is 1.